The fourth-order valence-corrected chi connectivity index (χ4v) is 3.55. The monoisotopic (exact) mass is 343 g/mol. The summed E-state index contributed by atoms with van der Waals surface area (Å²) in [6.45, 7) is 1.85. The van der Waals surface area contributed by atoms with Crippen LogP contribution >= 0.6 is 0 Å². The van der Waals surface area contributed by atoms with Crippen LogP contribution < -0.4 is 24.3 Å². The molecule has 1 saturated heterocycles. The van der Waals surface area contributed by atoms with Crippen LogP contribution in [0.15, 0.2) is 36.4 Å². The summed E-state index contributed by atoms with van der Waals surface area (Å²) in [5.74, 6) is 3.74. The zero-order valence-electron chi connectivity index (χ0n) is 15.2. The number of hydrogen-bond acceptors (Lipinski definition) is 5. The first-order chi connectivity index (χ1) is 12.2. The van der Waals surface area contributed by atoms with Crippen LogP contribution in [0.1, 0.15) is 23.0 Å². The van der Waals surface area contributed by atoms with Gasteiger partial charge in [0.15, 0.2) is 23.0 Å². The standard InChI is InChI=1S/C20H25NO4/c1-22-17-7-5-13(9-19(17)24-3)15-11-21-12-16(15)14-6-8-18(23-2)20(10-14)25-4/h5-10,15-16,21H,11-12H2,1-4H3/t15-,16-/m1/s1. The Kier molecular flexibility index (Phi) is 5.34. The van der Waals surface area contributed by atoms with Crippen molar-refractivity contribution in [3.8, 4) is 23.0 Å². The number of nitrogens with one attached hydrogen (secondary N) is 1. The molecule has 0 spiro atoms. The van der Waals surface area contributed by atoms with Crippen molar-refractivity contribution in [2.45, 2.75) is 11.8 Å². The molecule has 0 amide bonds. The molecule has 0 unspecified atom stereocenters. The quantitative estimate of drug-likeness (QED) is 0.873. The van der Waals surface area contributed by atoms with Gasteiger partial charge in [0.1, 0.15) is 0 Å². The van der Waals surface area contributed by atoms with Crippen LogP contribution in [0.3, 0.4) is 0 Å². The minimum Gasteiger partial charge on any atom is -0.493 e. The van der Waals surface area contributed by atoms with E-state index < -0.39 is 0 Å². The van der Waals surface area contributed by atoms with Gasteiger partial charge >= 0.3 is 0 Å². The van der Waals surface area contributed by atoms with Gasteiger partial charge in [-0.15, -0.1) is 0 Å². The van der Waals surface area contributed by atoms with Crippen molar-refractivity contribution in [3.05, 3.63) is 47.5 Å². The molecular weight excluding hydrogens is 318 g/mol. The third-order valence-corrected chi connectivity index (χ3v) is 4.89. The van der Waals surface area contributed by atoms with Gasteiger partial charge in [0.25, 0.3) is 0 Å². The molecule has 1 fully saturated rings. The second-order valence-corrected chi connectivity index (χ2v) is 6.10. The first-order valence-electron chi connectivity index (χ1n) is 8.36. The fraction of sp³-hybridized carbons (Fsp3) is 0.400. The minimum absolute atomic E-state index is 0.359. The maximum absolute atomic E-state index is 5.46. The molecule has 2 atom stereocenters. The molecule has 0 aromatic heterocycles. The SMILES string of the molecule is COc1ccc([C@H]2CNC[C@@H]2c2ccc(OC)c(OC)c2)cc1OC. The summed E-state index contributed by atoms with van der Waals surface area (Å²) in [5.41, 5.74) is 2.48. The molecule has 5 nitrogen and oxygen atoms in total. The molecule has 3 rings (SSSR count). The molecule has 1 aliphatic rings. The summed E-state index contributed by atoms with van der Waals surface area (Å²) >= 11 is 0. The number of benzene rings is 2. The highest BCUT2D eigenvalue weighted by Gasteiger charge is 2.31. The Hall–Kier alpha value is -2.40. The summed E-state index contributed by atoms with van der Waals surface area (Å²) in [4.78, 5) is 0. The molecule has 1 N–H and O–H groups in total. The molecule has 5 heteroatoms. The number of methoxy groups -OCH3 is 4. The normalized spacial score (nSPS) is 19.5. The molecule has 1 aliphatic heterocycles. The molecule has 0 saturated carbocycles. The van der Waals surface area contributed by atoms with Crippen molar-refractivity contribution in [2.75, 3.05) is 41.5 Å². The number of rotatable bonds is 6. The Morgan fingerprint density at radius 2 is 1.04 bits per heavy atom. The summed E-state index contributed by atoms with van der Waals surface area (Å²) in [6.07, 6.45) is 0. The van der Waals surface area contributed by atoms with Gasteiger partial charge in [-0.1, -0.05) is 12.1 Å². The van der Waals surface area contributed by atoms with Gasteiger partial charge in [-0.3, -0.25) is 0 Å². The van der Waals surface area contributed by atoms with Crippen molar-refractivity contribution in [2.24, 2.45) is 0 Å². The van der Waals surface area contributed by atoms with Crippen molar-refractivity contribution in [1.29, 1.82) is 0 Å². The summed E-state index contributed by atoms with van der Waals surface area (Å²) in [5, 5.41) is 3.51. The van der Waals surface area contributed by atoms with Gasteiger partial charge in [0.2, 0.25) is 0 Å². The van der Waals surface area contributed by atoms with E-state index in [1.807, 2.05) is 12.1 Å². The summed E-state index contributed by atoms with van der Waals surface area (Å²) < 4.78 is 21.6. The molecular formula is C20H25NO4. The van der Waals surface area contributed by atoms with Crippen LogP contribution in [-0.2, 0) is 0 Å². The first-order valence-corrected chi connectivity index (χ1v) is 8.36. The van der Waals surface area contributed by atoms with E-state index in [2.05, 4.69) is 29.6 Å². The minimum atomic E-state index is 0.359. The molecule has 0 radical (unpaired) electrons. The van der Waals surface area contributed by atoms with Gasteiger partial charge in [-0.25, -0.2) is 0 Å². The summed E-state index contributed by atoms with van der Waals surface area (Å²) in [7, 11) is 6.64. The van der Waals surface area contributed by atoms with E-state index in [1.165, 1.54) is 11.1 Å². The van der Waals surface area contributed by atoms with Crippen LogP contribution in [0.25, 0.3) is 0 Å². The average molecular weight is 343 g/mol. The third-order valence-electron chi connectivity index (χ3n) is 4.89. The van der Waals surface area contributed by atoms with E-state index in [0.717, 1.165) is 36.1 Å². The summed E-state index contributed by atoms with van der Waals surface area (Å²) in [6, 6.07) is 12.3. The lowest BCUT2D eigenvalue weighted by atomic mass is 9.84. The molecule has 0 aliphatic carbocycles. The van der Waals surface area contributed by atoms with Gasteiger partial charge in [0.05, 0.1) is 28.4 Å². The Morgan fingerprint density at radius 1 is 0.640 bits per heavy atom. The zero-order chi connectivity index (χ0) is 17.8. The molecule has 2 aromatic rings. The van der Waals surface area contributed by atoms with E-state index in [0.29, 0.717) is 11.8 Å². The van der Waals surface area contributed by atoms with Crippen LogP contribution in [0.5, 0.6) is 23.0 Å². The van der Waals surface area contributed by atoms with Crippen molar-refractivity contribution >= 4 is 0 Å². The molecule has 0 bridgehead atoms. The van der Waals surface area contributed by atoms with E-state index in [4.69, 9.17) is 18.9 Å². The molecule has 25 heavy (non-hydrogen) atoms. The van der Waals surface area contributed by atoms with Crippen molar-refractivity contribution < 1.29 is 18.9 Å². The highest BCUT2D eigenvalue weighted by atomic mass is 16.5. The molecule has 1 heterocycles. The predicted octanol–water partition coefficient (Wildman–Crippen LogP) is 3.19. The second-order valence-electron chi connectivity index (χ2n) is 6.10. The van der Waals surface area contributed by atoms with E-state index in [-0.39, 0.29) is 0 Å². The predicted molar refractivity (Wildman–Crippen MR) is 97.4 cm³/mol. The lowest BCUT2D eigenvalue weighted by molar-refractivity contribution is 0.353. The zero-order valence-corrected chi connectivity index (χ0v) is 15.2. The maximum atomic E-state index is 5.46. The lowest BCUT2D eigenvalue weighted by Gasteiger charge is -2.21. The molecule has 134 valence electrons. The number of ether oxygens (including phenoxy) is 4. The van der Waals surface area contributed by atoms with Crippen molar-refractivity contribution in [3.63, 3.8) is 0 Å². The maximum Gasteiger partial charge on any atom is 0.160 e. The third kappa shape index (κ3) is 3.37. The van der Waals surface area contributed by atoms with E-state index in [1.54, 1.807) is 28.4 Å². The highest BCUT2D eigenvalue weighted by molar-refractivity contribution is 5.48. The molecule has 2 aromatic carbocycles. The largest absolute Gasteiger partial charge is 0.493 e. The van der Waals surface area contributed by atoms with Crippen LogP contribution in [0.2, 0.25) is 0 Å². The Morgan fingerprint density at radius 3 is 1.40 bits per heavy atom. The van der Waals surface area contributed by atoms with Gasteiger partial charge in [-0.2, -0.15) is 0 Å². The van der Waals surface area contributed by atoms with Gasteiger partial charge < -0.3 is 24.3 Å². The van der Waals surface area contributed by atoms with Crippen LogP contribution in [0, 0.1) is 0 Å². The Labute approximate surface area is 148 Å². The van der Waals surface area contributed by atoms with E-state index in [9.17, 15) is 0 Å². The van der Waals surface area contributed by atoms with Gasteiger partial charge in [0, 0.05) is 24.9 Å². The lowest BCUT2D eigenvalue weighted by Crippen LogP contribution is -2.10. The smallest absolute Gasteiger partial charge is 0.160 e. The number of hydrogen-bond donors (Lipinski definition) is 1. The topological polar surface area (TPSA) is 49.0 Å². The van der Waals surface area contributed by atoms with Crippen LogP contribution in [0.4, 0.5) is 0 Å². The van der Waals surface area contributed by atoms with Crippen LogP contribution in [-0.4, -0.2) is 41.5 Å². The Balaban J connectivity index is 1.93. The fourth-order valence-electron chi connectivity index (χ4n) is 3.55. The second kappa shape index (κ2) is 7.66. The highest BCUT2D eigenvalue weighted by Crippen LogP contribution is 2.41. The van der Waals surface area contributed by atoms with Crippen molar-refractivity contribution in [1.82, 2.24) is 5.32 Å². The first kappa shape index (κ1) is 17.4. The van der Waals surface area contributed by atoms with E-state index >= 15 is 0 Å². The average Bonchev–Trinajstić information content (AvgIpc) is 3.16. The van der Waals surface area contributed by atoms with Gasteiger partial charge in [-0.05, 0) is 35.4 Å². The Bertz CT molecular complexity index is 670.